The minimum atomic E-state index is -0.885. The third-order valence-corrected chi connectivity index (χ3v) is 2.83. The van der Waals surface area contributed by atoms with Crippen LogP contribution in [-0.2, 0) is 4.79 Å². The fourth-order valence-corrected chi connectivity index (χ4v) is 1.98. The third-order valence-electron chi connectivity index (χ3n) is 2.83. The van der Waals surface area contributed by atoms with Gasteiger partial charge in [-0.1, -0.05) is 12.1 Å². The van der Waals surface area contributed by atoms with E-state index >= 15 is 0 Å². The van der Waals surface area contributed by atoms with Crippen LogP contribution in [0.1, 0.15) is 25.5 Å². The maximum atomic E-state index is 11.2. The average Bonchev–Trinajstić information content (AvgIpc) is 2.35. The summed E-state index contributed by atoms with van der Waals surface area (Å²) in [7, 11) is 3.38. The molecule has 1 aromatic carbocycles. The number of hydrogen-bond acceptors (Lipinski definition) is 4. The first-order chi connectivity index (χ1) is 8.99. The van der Waals surface area contributed by atoms with Crippen molar-refractivity contribution in [2.45, 2.75) is 32.0 Å². The highest BCUT2D eigenvalue weighted by molar-refractivity contribution is 5.74. The molecule has 0 radical (unpaired) electrons. The SMILES string of the molecule is CNC(C(=O)O)C(NC)c1ccc(OC(C)C)cc1. The average molecular weight is 266 g/mol. The van der Waals surface area contributed by atoms with Crippen LogP contribution in [0.3, 0.4) is 0 Å². The van der Waals surface area contributed by atoms with Gasteiger partial charge in [-0.15, -0.1) is 0 Å². The van der Waals surface area contributed by atoms with Crippen molar-refractivity contribution in [2.75, 3.05) is 14.1 Å². The van der Waals surface area contributed by atoms with Crippen LogP contribution in [0.15, 0.2) is 24.3 Å². The Morgan fingerprint density at radius 3 is 2.11 bits per heavy atom. The Bertz CT molecular complexity index is 404. The molecule has 2 unspecified atom stereocenters. The van der Waals surface area contributed by atoms with E-state index in [1.807, 2.05) is 38.1 Å². The Balaban J connectivity index is 2.90. The molecular weight excluding hydrogens is 244 g/mol. The zero-order valence-corrected chi connectivity index (χ0v) is 11.8. The third kappa shape index (κ3) is 4.22. The summed E-state index contributed by atoms with van der Waals surface area (Å²) in [6.07, 6.45) is 0.120. The highest BCUT2D eigenvalue weighted by Gasteiger charge is 2.26. The van der Waals surface area contributed by atoms with E-state index in [2.05, 4.69) is 10.6 Å². The van der Waals surface area contributed by atoms with Gasteiger partial charge in [0.25, 0.3) is 0 Å². The number of likely N-dealkylation sites (N-methyl/N-ethyl adjacent to an activating group) is 2. The van der Waals surface area contributed by atoms with Gasteiger partial charge in [-0.05, 0) is 45.6 Å². The Hall–Kier alpha value is -1.59. The summed E-state index contributed by atoms with van der Waals surface area (Å²) in [4.78, 5) is 11.2. The molecule has 106 valence electrons. The van der Waals surface area contributed by atoms with Crippen molar-refractivity contribution in [3.8, 4) is 5.75 Å². The predicted molar refractivity (Wildman–Crippen MR) is 74.5 cm³/mol. The molecule has 0 bridgehead atoms. The molecule has 1 aromatic rings. The van der Waals surface area contributed by atoms with Crippen molar-refractivity contribution >= 4 is 5.97 Å². The standard InChI is InChI=1S/C14H22N2O3/c1-9(2)19-11-7-5-10(6-8-11)12(15-3)13(16-4)14(17)18/h5-9,12-13,15-16H,1-4H3,(H,17,18). The van der Waals surface area contributed by atoms with Gasteiger partial charge in [-0.2, -0.15) is 0 Å². The molecule has 0 aliphatic heterocycles. The number of carbonyl (C=O) groups is 1. The van der Waals surface area contributed by atoms with Crippen LogP contribution in [0.5, 0.6) is 5.75 Å². The maximum Gasteiger partial charge on any atom is 0.322 e. The van der Waals surface area contributed by atoms with Crippen LogP contribution in [0.2, 0.25) is 0 Å². The molecule has 0 amide bonds. The number of hydrogen-bond donors (Lipinski definition) is 3. The van der Waals surface area contributed by atoms with Gasteiger partial charge in [-0.25, -0.2) is 0 Å². The number of ether oxygens (including phenoxy) is 1. The predicted octanol–water partition coefficient (Wildman–Crippen LogP) is 1.41. The van der Waals surface area contributed by atoms with E-state index < -0.39 is 12.0 Å². The van der Waals surface area contributed by atoms with Gasteiger partial charge in [0.1, 0.15) is 11.8 Å². The fourth-order valence-electron chi connectivity index (χ4n) is 1.98. The Kier molecular flexibility index (Phi) is 5.79. The minimum Gasteiger partial charge on any atom is -0.491 e. The highest BCUT2D eigenvalue weighted by atomic mass is 16.5. The largest absolute Gasteiger partial charge is 0.491 e. The van der Waals surface area contributed by atoms with Gasteiger partial charge in [-0.3, -0.25) is 4.79 Å². The first-order valence-corrected chi connectivity index (χ1v) is 6.33. The smallest absolute Gasteiger partial charge is 0.322 e. The summed E-state index contributed by atoms with van der Waals surface area (Å²) < 4.78 is 5.56. The number of carboxylic acid groups (broad SMARTS) is 1. The van der Waals surface area contributed by atoms with Crippen LogP contribution in [0, 0.1) is 0 Å². The zero-order chi connectivity index (χ0) is 14.4. The lowest BCUT2D eigenvalue weighted by molar-refractivity contribution is -0.140. The Morgan fingerprint density at radius 1 is 1.16 bits per heavy atom. The van der Waals surface area contributed by atoms with E-state index in [0.717, 1.165) is 11.3 Å². The first kappa shape index (κ1) is 15.5. The molecule has 1 rings (SSSR count). The fraction of sp³-hybridized carbons (Fsp3) is 0.500. The molecule has 0 aliphatic carbocycles. The maximum absolute atomic E-state index is 11.2. The van der Waals surface area contributed by atoms with Gasteiger partial charge in [0.15, 0.2) is 0 Å². The highest BCUT2D eigenvalue weighted by Crippen LogP contribution is 2.21. The molecule has 2 atom stereocenters. The summed E-state index contributed by atoms with van der Waals surface area (Å²) in [5, 5.41) is 15.0. The molecule has 0 aromatic heterocycles. The molecule has 0 heterocycles. The molecule has 0 saturated carbocycles. The van der Waals surface area contributed by atoms with Gasteiger partial charge in [0, 0.05) is 0 Å². The van der Waals surface area contributed by atoms with E-state index in [1.54, 1.807) is 14.1 Å². The van der Waals surface area contributed by atoms with Crippen LogP contribution < -0.4 is 15.4 Å². The lowest BCUT2D eigenvalue weighted by Crippen LogP contribution is -2.44. The minimum absolute atomic E-state index is 0.120. The summed E-state index contributed by atoms with van der Waals surface area (Å²) >= 11 is 0. The zero-order valence-electron chi connectivity index (χ0n) is 11.8. The molecule has 5 nitrogen and oxygen atoms in total. The van der Waals surface area contributed by atoms with Crippen molar-refractivity contribution < 1.29 is 14.6 Å². The van der Waals surface area contributed by atoms with Crippen LogP contribution in [-0.4, -0.2) is 37.3 Å². The van der Waals surface area contributed by atoms with Crippen LogP contribution >= 0.6 is 0 Å². The van der Waals surface area contributed by atoms with Crippen molar-refractivity contribution in [2.24, 2.45) is 0 Å². The number of aliphatic carboxylic acids is 1. The van der Waals surface area contributed by atoms with Crippen molar-refractivity contribution in [1.82, 2.24) is 10.6 Å². The molecule has 0 fully saturated rings. The van der Waals surface area contributed by atoms with E-state index in [1.165, 1.54) is 0 Å². The number of rotatable bonds is 7. The van der Waals surface area contributed by atoms with Crippen LogP contribution in [0.25, 0.3) is 0 Å². The summed E-state index contributed by atoms with van der Waals surface area (Å²) in [6.45, 7) is 3.93. The van der Waals surface area contributed by atoms with Crippen molar-refractivity contribution in [1.29, 1.82) is 0 Å². The van der Waals surface area contributed by atoms with E-state index in [-0.39, 0.29) is 12.1 Å². The van der Waals surface area contributed by atoms with E-state index in [9.17, 15) is 9.90 Å². The molecule has 0 spiro atoms. The molecule has 5 heteroatoms. The lowest BCUT2D eigenvalue weighted by Gasteiger charge is -2.23. The van der Waals surface area contributed by atoms with Gasteiger partial charge >= 0.3 is 5.97 Å². The number of nitrogens with one attached hydrogen (secondary N) is 2. The van der Waals surface area contributed by atoms with Gasteiger partial charge < -0.3 is 20.5 Å². The molecule has 0 saturated heterocycles. The second-order valence-corrected chi connectivity index (χ2v) is 4.61. The summed E-state index contributed by atoms with van der Waals surface area (Å²) in [5.41, 5.74) is 0.903. The molecule has 19 heavy (non-hydrogen) atoms. The van der Waals surface area contributed by atoms with Crippen LogP contribution in [0.4, 0.5) is 0 Å². The number of carboxylic acids is 1. The van der Waals surface area contributed by atoms with Crippen molar-refractivity contribution in [3.05, 3.63) is 29.8 Å². The summed E-state index contributed by atoms with van der Waals surface area (Å²) in [5.74, 6) is -0.103. The quantitative estimate of drug-likeness (QED) is 0.696. The first-order valence-electron chi connectivity index (χ1n) is 6.33. The lowest BCUT2D eigenvalue weighted by atomic mass is 9.99. The second-order valence-electron chi connectivity index (χ2n) is 4.61. The normalized spacial score (nSPS) is 14.2. The Morgan fingerprint density at radius 2 is 1.74 bits per heavy atom. The molecule has 3 N–H and O–H groups in total. The number of benzene rings is 1. The van der Waals surface area contributed by atoms with Gasteiger partial charge in [0.05, 0.1) is 12.1 Å². The van der Waals surface area contributed by atoms with Crippen molar-refractivity contribution in [3.63, 3.8) is 0 Å². The van der Waals surface area contributed by atoms with E-state index in [4.69, 9.17) is 4.74 Å². The monoisotopic (exact) mass is 266 g/mol. The van der Waals surface area contributed by atoms with Gasteiger partial charge in [0.2, 0.25) is 0 Å². The summed E-state index contributed by atoms with van der Waals surface area (Å²) in [6, 6.07) is 6.50. The molecular formula is C14H22N2O3. The molecule has 0 aliphatic rings. The Labute approximate surface area is 114 Å². The van der Waals surface area contributed by atoms with E-state index in [0.29, 0.717) is 0 Å². The topological polar surface area (TPSA) is 70.6 Å². The second kappa shape index (κ2) is 7.11.